The fourth-order valence-corrected chi connectivity index (χ4v) is 1.48. The molecule has 0 saturated carbocycles. The molecule has 8 heteroatoms. The molecule has 0 heterocycles. The normalized spacial score (nSPS) is 12.4. The summed E-state index contributed by atoms with van der Waals surface area (Å²) >= 11 is 0. The first kappa shape index (κ1) is 17.7. The van der Waals surface area contributed by atoms with E-state index >= 15 is 0 Å². The second-order valence-electron chi connectivity index (χ2n) is 5.59. The van der Waals surface area contributed by atoms with Gasteiger partial charge in [0.05, 0.1) is 17.6 Å². The minimum Gasteiger partial charge on any atom is -0.491 e. The van der Waals surface area contributed by atoms with E-state index in [0.29, 0.717) is 5.75 Å². The lowest BCUT2D eigenvalue weighted by molar-refractivity contribution is -0.384. The number of nitrogens with one attached hydrogen (secondary N) is 1. The van der Waals surface area contributed by atoms with Crippen molar-refractivity contribution in [3.8, 4) is 5.75 Å². The topological polar surface area (TPSA) is 111 Å². The van der Waals surface area contributed by atoms with Crippen LogP contribution in [0.3, 0.4) is 0 Å². The van der Waals surface area contributed by atoms with Gasteiger partial charge in [0.25, 0.3) is 5.69 Å². The van der Waals surface area contributed by atoms with Crippen LogP contribution >= 0.6 is 0 Å². The van der Waals surface area contributed by atoms with E-state index in [1.54, 1.807) is 20.8 Å². The molecule has 0 aliphatic rings. The molecule has 0 saturated heterocycles. The molecular formula is C14H20N2O6. The number of hydrogen-bond acceptors (Lipinski definition) is 6. The molecule has 0 bridgehead atoms. The van der Waals surface area contributed by atoms with Crippen molar-refractivity contribution in [1.82, 2.24) is 5.32 Å². The molecule has 1 amide bonds. The first-order valence-corrected chi connectivity index (χ1v) is 6.69. The Labute approximate surface area is 128 Å². The van der Waals surface area contributed by atoms with Crippen LogP contribution in [0.4, 0.5) is 10.5 Å². The third-order valence-electron chi connectivity index (χ3n) is 2.44. The van der Waals surface area contributed by atoms with Crippen LogP contribution in [0.1, 0.15) is 20.8 Å². The number of nitrogens with zero attached hydrogens (tertiary/aromatic N) is 1. The maximum atomic E-state index is 11.6. The van der Waals surface area contributed by atoms with Crippen molar-refractivity contribution in [2.75, 3.05) is 13.2 Å². The van der Waals surface area contributed by atoms with Crippen LogP contribution in [0.25, 0.3) is 0 Å². The quantitative estimate of drug-likeness (QED) is 0.612. The van der Waals surface area contributed by atoms with E-state index in [9.17, 15) is 20.0 Å². The summed E-state index contributed by atoms with van der Waals surface area (Å²) in [4.78, 5) is 21.6. The zero-order chi connectivity index (χ0) is 16.8. The second kappa shape index (κ2) is 7.60. The van der Waals surface area contributed by atoms with Crippen molar-refractivity contribution < 1.29 is 24.3 Å². The van der Waals surface area contributed by atoms with Crippen molar-refractivity contribution >= 4 is 11.8 Å². The Bertz CT molecular complexity index is 509. The van der Waals surface area contributed by atoms with E-state index < -0.39 is 22.7 Å². The van der Waals surface area contributed by atoms with Gasteiger partial charge in [0.15, 0.2) is 0 Å². The average Bonchev–Trinajstić information content (AvgIpc) is 2.41. The summed E-state index contributed by atoms with van der Waals surface area (Å²) in [5, 5.41) is 22.2. The van der Waals surface area contributed by atoms with Crippen molar-refractivity contribution in [2.24, 2.45) is 0 Å². The lowest BCUT2D eigenvalue weighted by atomic mass is 10.2. The van der Waals surface area contributed by atoms with Crippen LogP contribution in [-0.4, -0.2) is 41.0 Å². The van der Waals surface area contributed by atoms with Crippen LogP contribution in [0.5, 0.6) is 5.75 Å². The summed E-state index contributed by atoms with van der Waals surface area (Å²) in [6.45, 7) is 4.87. The van der Waals surface area contributed by atoms with Crippen LogP contribution in [0.2, 0.25) is 0 Å². The van der Waals surface area contributed by atoms with Crippen molar-refractivity contribution in [2.45, 2.75) is 32.4 Å². The van der Waals surface area contributed by atoms with E-state index in [1.807, 2.05) is 0 Å². The Balaban J connectivity index is 2.49. The lowest BCUT2D eigenvalue weighted by Gasteiger charge is -2.22. The van der Waals surface area contributed by atoms with Gasteiger partial charge < -0.3 is 19.9 Å². The molecule has 0 radical (unpaired) electrons. The number of rotatable bonds is 6. The number of carbonyl (C=O) groups is 1. The van der Waals surface area contributed by atoms with E-state index in [2.05, 4.69) is 5.32 Å². The van der Waals surface area contributed by atoms with Gasteiger partial charge in [-0.05, 0) is 32.9 Å². The summed E-state index contributed by atoms with van der Waals surface area (Å²) in [7, 11) is 0. The summed E-state index contributed by atoms with van der Waals surface area (Å²) in [6.07, 6.45) is -0.654. The van der Waals surface area contributed by atoms with Crippen LogP contribution in [0.15, 0.2) is 24.3 Å². The molecule has 1 aromatic rings. The number of hydrogen-bond donors (Lipinski definition) is 2. The highest BCUT2D eigenvalue weighted by molar-refractivity contribution is 5.68. The van der Waals surface area contributed by atoms with Gasteiger partial charge in [0.1, 0.15) is 18.0 Å². The third kappa shape index (κ3) is 6.40. The molecule has 8 nitrogen and oxygen atoms in total. The molecule has 1 rings (SSSR count). The van der Waals surface area contributed by atoms with E-state index in [1.165, 1.54) is 24.3 Å². The minimum atomic E-state index is -0.654. The molecule has 0 aliphatic heterocycles. The molecule has 1 atom stereocenters. The highest BCUT2D eigenvalue weighted by Crippen LogP contribution is 2.17. The fourth-order valence-electron chi connectivity index (χ4n) is 1.48. The van der Waals surface area contributed by atoms with Gasteiger partial charge in [-0.3, -0.25) is 10.1 Å². The van der Waals surface area contributed by atoms with Crippen LogP contribution < -0.4 is 10.1 Å². The summed E-state index contributed by atoms with van der Waals surface area (Å²) < 4.78 is 10.4. The molecular weight excluding hydrogens is 292 g/mol. The first-order chi connectivity index (χ1) is 10.2. The maximum Gasteiger partial charge on any atom is 0.408 e. The monoisotopic (exact) mass is 312 g/mol. The van der Waals surface area contributed by atoms with E-state index in [4.69, 9.17) is 9.47 Å². The minimum absolute atomic E-state index is 0.00749. The van der Waals surface area contributed by atoms with Gasteiger partial charge in [0.2, 0.25) is 0 Å². The number of alkyl carbamates (subject to hydrolysis) is 1. The Morgan fingerprint density at radius 1 is 1.36 bits per heavy atom. The number of aliphatic hydroxyl groups excluding tert-OH is 1. The Hall–Kier alpha value is -2.35. The molecule has 22 heavy (non-hydrogen) atoms. The molecule has 0 aromatic heterocycles. The molecule has 0 spiro atoms. The molecule has 1 aromatic carbocycles. The van der Waals surface area contributed by atoms with Gasteiger partial charge >= 0.3 is 6.09 Å². The van der Waals surface area contributed by atoms with Gasteiger partial charge in [-0.1, -0.05) is 0 Å². The summed E-state index contributed by atoms with van der Waals surface area (Å²) in [6, 6.07) is 4.86. The number of nitro benzene ring substituents is 1. The van der Waals surface area contributed by atoms with Gasteiger partial charge in [0, 0.05) is 12.1 Å². The van der Waals surface area contributed by atoms with Gasteiger partial charge in [-0.15, -0.1) is 0 Å². The number of non-ortho nitro benzene ring substituents is 1. The number of aliphatic hydroxyl groups is 1. The second-order valence-corrected chi connectivity index (χ2v) is 5.59. The number of ether oxygens (including phenoxy) is 2. The summed E-state index contributed by atoms with van der Waals surface area (Å²) in [5.41, 5.74) is -0.679. The highest BCUT2D eigenvalue weighted by atomic mass is 16.6. The molecule has 0 aliphatic carbocycles. The van der Waals surface area contributed by atoms with Crippen molar-refractivity contribution in [3.63, 3.8) is 0 Å². The van der Waals surface area contributed by atoms with Crippen LogP contribution in [-0.2, 0) is 4.74 Å². The van der Waals surface area contributed by atoms with Crippen molar-refractivity contribution in [1.29, 1.82) is 0 Å². The van der Waals surface area contributed by atoms with E-state index in [0.717, 1.165) is 0 Å². The lowest BCUT2D eigenvalue weighted by Crippen LogP contribution is -2.44. The van der Waals surface area contributed by atoms with E-state index in [-0.39, 0.29) is 18.9 Å². The zero-order valence-electron chi connectivity index (χ0n) is 12.7. The number of carbonyl (C=O) groups excluding carboxylic acids is 1. The molecule has 0 unspecified atom stereocenters. The first-order valence-electron chi connectivity index (χ1n) is 6.69. The summed E-state index contributed by atoms with van der Waals surface area (Å²) in [5.74, 6) is 0.398. The Morgan fingerprint density at radius 2 is 1.95 bits per heavy atom. The van der Waals surface area contributed by atoms with Crippen LogP contribution in [0, 0.1) is 10.1 Å². The number of benzene rings is 1. The fraction of sp³-hybridized carbons (Fsp3) is 0.500. The predicted octanol–water partition coefficient (Wildman–Crippen LogP) is 1.86. The zero-order valence-corrected chi connectivity index (χ0v) is 12.7. The van der Waals surface area contributed by atoms with Gasteiger partial charge in [-0.2, -0.15) is 0 Å². The molecule has 2 N–H and O–H groups in total. The predicted molar refractivity (Wildman–Crippen MR) is 78.8 cm³/mol. The third-order valence-corrected chi connectivity index (χ3v) is 2.44. The largest absolute Gasteiger partial charge is 0.491 e. The average molecular weight is 312 g/mol. The highest BCUT2D eigenvalue weighted by Gasteiger charge is 2.19. The van der Waals surface area contributed by atoms with Gasteiger partial charge in [-0.25, -0.2) is 4.79 Å². The molecule has 122 valence electrons. The van der Waals surface area contributed by atoms with Crippen molar-refractivity contribution in [3.05, 3.63) is 34.4 Å². The smallest absolute Gasteiger partial charge is 0.408 e. The number of amides is 1. The SMILES string of the molecule is CC(C)(C)OC(=O)N[C@H](CO)COc1ccc([N+](=O)[O-])cc1. The maximum absolute atomic E-state index is 11.6. The Morgan fingerprint density at radius 3 is 2.41 bits per heavy atom. The number of nitro groups is 1. The molecule has 0 fully saturated rings. The Kier molecular flexibility index (Phi) is 6.11. The standard InChI is InChI=1S/C14H20N2O6/c1-14(2,3)22-13(18)15-10(8-17)9-21-12-6-4-11(5-7-12)16(19)20/h4-7,10,17H,8-9H2,1-3H3,(H,15,18)/t10-/m1/s1.